The van der Waals surface area contributed by atoms with E-state index in [0.29, 0.717) is 27.3 Å². The normalized spacial score (nSPS) is 10.4. The van der Waals surface area contributed by atoms with Gasteiger partial charge in [0.05, 0.1) is 10.7 Å². The number of nitrogens with one attached hydrogen (secondary N) is 2. The molecule has 0 aromatic carbocycles. The van der Waals surface area contributed by atoms with Crippen molar-refractivity contribution in [3.05, 3.63) is 27.8 Å². The molecule has 6 nitrogen and oxygen atoms in total. The summed E-state index contributed by atoms with van der Waals surface area (Å²) in [6.45, 7) is 3.49. The summed E-state index contributed by atoms with van der Waals surface area (Å²) < 4.78 is 5.55. The lowest BCUT2D eigenvalue weighted by Gasteiger charge is -2.02. The van der Waals surface area contributed by atoms with Gasteiger partial charge in [-0.3, -0.25) is 9.89 Å². The van der Waals surface area contributed by atoms with Gasteiger partial charge in [-0.25, -0.2) is 0 Å². The largest absolute Gasteiger partial charge is 0.359 e. The molecule has 0 atom stereocenters. The van der Waals surface area contributed by atoms with Gasteiger partial charge >= 0.3 is 0 Å². The molecule has 0 aliphatic carbocycles. The number of amides is 1. The van der Waals surface area contributed by atoms with Gasteiger partial charge in [0, 0.05) is 0 Å². The highest BCUT2D eigenvalue weighted by Gasteiger charge is 2.16. The van der Waals surface area contributed by atoms with Gasteiger partial charge in [-0.2, -0.15) is 5.10 Å². The minimum absolute atomic E-state index is 0.293. The summed E-state index contributed by atoms with van der Waals surface area (Å²) in [4.78, 5) is 11.8. The summed E-state index contributed by atoms with van der Waals surface area (Å²) in [7, 11) is 0. The van der Waals surface area contributed by atoms with Gasteiger partial charge < -0.3 is 9.84 Å². The van der Waals surface area contributed by atoms with Gasteiger partial charge in [0.15, 0.2) is 5.76 Å². The van der Waals surface area contributed by atoms with Crippen LogP contribution in [0.25, 0.3) is 0 Å². The first-order chi connectivity index (χ1) is 7.59. The summed E-state index contributed by atoms with van der Waals surface area (Å²) in [5, 5.41) is 12.8. The number of aromatic nitrogens is 3. The van der Waals surface area contributed by atoms with E-state index in [1.165, 1.54) is 6.20 Å². The van der Waals surface area contributed by atoms with E-state index >= 15 is 0 Å². The van der Waals surface area contributed by atoms with E-state index in [-0.39, 0.29) is 5.91 Å². The van der Waals surface area contributed by atoms with Gasteiger partial charge in [0.25, 0.3) is 5.91 Å². The number of aryl methyl sites for hydroxylation is 2. The van der Waals surface area contributed by atoms with E-state index < -0.39 is 0 Å². The SMILES string of the molecule is Cc1noc(C)c1NC(=O)c1[nH]ncc1Br. The third-order valence-electron chi connectivity index (χ3n) is 2.09. The Morgan fingerprint density at radius 1 is 1.56 bits per heavy atom. The van der Waals surface area contributed by atoms with Crippen LogP contribution in [0.3, 0.4) is 0 Å². The van der Waals surface area contributed by atoms with Crippen LogP contribution in [-0.4, -0.2) is 21.3 Å². The number of H-pyrrole nitrogens is 1. The van der Waals surface area contributed by atoms with Crippen molar-refractivity contribution in [2.24, 2.45) is 0 Å². The Kier molecular flexibility index (Phi) is 2.78. The zero-order valence-corrected chi connectivity index (χ0v) is 10.3. The molecule has 2 rings (SSSR count). The van der Waals surface area contributed by atoms with Crippen LogP contribution in [0.5, 0.6) is 0 Å². The summed E-state index contributed by atoms with van der Waals surface area (Å²) >= 11 is 3.21. The van der Waals surface area contributed by atoms with Crippen LogP contribution in [-0.2, 0) is 0 Å². The average Bonchev–Trinajstić information content (AvgIpc) is 2.79. The number of rotatable bonds is 2. The average molecular weight is 285 g/mol. The maximum Gasteiger partial charge on any atom is 0.274 e. The Balaban J connectivity index is 2.24. The number of hydrogen-bond acceptors (Lipinski definition) is 4. The van der Waals surface area contributed by atoms with E-state index in [1.54, 1.807) is 13.8 Å². The molecule has 84 valence electrons. The predicted octanol–water partition coefficient (Wildman–Crippen LogP) is 2.03. The number of nitrogens with zero attached hydrogens (tertiary/aromatic N) is 2. The van der Waals surface area contributed by atoms with Crippen molar-refractivity contribution < 1.29 is 9.32 Å². The Morgan fingerprint density at radius 3 is 2.81 bits per heavy atom. The van der Waals surface area contributed by atoms with E-state index in [9.17, 15) is 4.79 Å². The first-order valence-electron chi connectivity index (χ1n) is 4.52. The van der Waals surface area contributed by atoms with Crippen LogP contribution in [0.2, 0.25) is 0 Å². The lowest BCUT2D eigenvalue weighted by atomic mass is 10.3. The molecule has 0 bridgehead atoms. The maximum absolute atomic E-state index is 11.8. The Bertz CT molecular complexity index is 512. The van der Waals surface area contributed by atoms with Gasteiger partial charge in [0.2, 0.25) is 0 Å². The van der Waals surface area contributed by atoms with Gasteiger partial charge in [0.1, 0.15) is 17.1 Å². The predicted molar refractivity (Wildman–Crippen MR) is 60.2 cm³/mol. The number of aromatic amines is 1. The topological polar surface area (TPSA) is 83.8 Å². The Hall–Kier alpha value is -1.63. The molecule has 2 aromatic rings. The molecule has 0 aliphatic rings. The molecule has 0 spiro atoms. The van der Waals surface area contributed by atoms with Crippen LogP contribution in [0.15, 0.2) is 15.2 Å². The second kappa shape index (κ2) is 4.09. The van der Waals surface area contributed by atoms with Crippen LogP contribution < -0.4 is 5.32 Å². The molecule has 0 radical (unpaired) electrons. The summed E-state index contributed by atoms with van der Waals surface area (Å²) in [6.07, 6.45) is 1.52. The van der Waals surface area contributed by atoms with Crippen molar-refractivity contribution in [3.63, 3.8) is 0 Å². The van der Waals surface area contributed by atoms with Crippen LogP contribution >= 0.6 is 15.9 Å². The fourth-order valence-electron chi connectivity index (χ4n) is 1.27. The summed E-state index contributed by atoms with van der Waals surface area (Å²) in [5.74, 6) is 0.278. The highest BCUT2D eigenvalue weighted by Crippen LogP contribution is 2.20. The molecule has 0 fully saturated rings. The van der Waals surface area contributed by atoms with Crippen LogP contribution in [0.4, 0.5) is 5.69 Å². The van der Waals surface area contributed by atoms with Crippen molar-refractivity contribution in [1.82, 2.24) is 15.4 Å². The van der Waals surface area contributed by atoms with Crippen molar-refractivity contribution >= 4 is 27.5 Å². The second-order valence-electron chi connectivity index (χ2n) is 3.25. The minimum Gasteiger partial charge on any atom is -0.359 e. The summed E-state index contributed by atoms with van der Waals surface area (Å²) in [5.41, 5.74) is 1.59. The van der Waals surface area contributed by atoms with Gasteiger partial charge in [-0.15, -0.1) is 0 Å². The third-order valence-corrected chi connectivity index (χ3v) is 2.69. The number of carbonyl (C=O) groups excluding carboxylic acids is 1. The molecular weight excluding hydrogens is 276 g/mol. The molecular formula is C9H9BrN4O2. The maximum atomic E-state index is 11.8. The van der Waals surface area contributed by atoms with E-state index in [0.717, 1.165) is 0 Å². The molecule has 16 heavy (non-hydrogen) atoms. The number of anilines is 1. The van der Waals surface area contributed by atoms with Crippen LogP contribution in [0, 0.1) is 13.8 Å². The molecule has 1 amide bonds. The molecule has 2 heterocycles. The number of hydrogen-bond donors (Lipinski definition) is 2. The molecule has 0 unspecified atom stereocenters. The zero-order valence-electron chi connectivity index (χ0n) is 8.67. The highest BCUT2D eigenvalue weighted by atomic mass is 79.9. The fraction of sp³-hybridized carbons (Fsp3) is 0.222. The molecule has 0 aliphatic heterocycles. The molecule has 0 saturated carbocycles. The first-order valence-corrected chi connectivity index (χ1v) is 5.32. The quantitative estimate of drug-likeness (QED) is 0.884. The molecule has 2 N–H and O–H groups in total. The van der Waals surface area contributed by atoms with Crippen molar-refractivity contribution in [1.29, 1.82) is 0 Å². The molecule has 0 saturated heterocycles. The highest BCUT2D eigenvalue weighted by molar-refractivity contribution is 9.10. The minimum atomic E-state index is -0.293. The van der Waals surface area contributed by atoms with E-state index in [2.05, 4.69) is 36.6 Å². The van der Waals surface area contributed by atoms with Crippen LogP contribution in [0.1, 0.15) is 21.9 Å². The first kappa shape index (κ1) is 10.9. The van der Waals surface area contributed by atoms with Gasteiger partial charge in [-0.05, 0) is 29.8 Å². The standard InChI is InChI=1S/C9H9BrN4O2/c1-4-7(5(2)16-14-4)12-9(15)8-6(10)3-11-13-8/h3H,1-2H3,(H,11,13)(H,12,15). The van der Waals surface area contributed by atoms with E-state index in [1.807, 2.05) is 0 Å². The summed E-state index contributed by atoms with van der Waals surface area (Å²) in [6, 6.07) is 0. The van der Waals surface area contributed by atoms with Crippen molar-refractivity contribution in [2.45, 2.75) is 13.8 Å². The molecule has 7 heteroatoms. The Labute approximate surface area is 99.5 Å². The molecule has 2 aromatic heterocycles. The number of halogens is 1. The lowest BCUT2D eigenvalue weighted by Crippen LogP contribution is -2.14. The van der Waals surface area contributed by atoms with E-state index in [4.69, 9.17) is 4.52 Å². The van der Waals surface area contributed by atoms with Crippen molar-refractivity contribution in [2.75, 3.05) is 5.32 Å². The van der Waals surface area contributed by atoms with Gasteiger partial charge in [-0.1, -0.05) is 5.16 Å². The number of carbonyl (C=O) groups is 1. The fourth-order valence-corrected chi connectivity index (χ4v) is 1.64. The Morgan fingerprint density at radius 2 is 2.31 bits per heavy atom. The monoisotopic (exact) mass is 284 g/mol. The lowest BCUT2D eigenvalue weighted by molar-refractivity contribution is 0.102. The zero-order chi connectivity index (χ0) is 11.7. The smallest absolute Gasteiger partial charge is 0.274 e. The second-order valence-corrected chi connectivity index (χ2v) is 4.10. The van der Waals surface area contributed by atoms with Crippen molar-refractivity contribution in [3.8, 4) is 0 Å². The third kappa shape index (κ3) is 1.85.